The zero-order valence-electron chi connectivity index (χ0n) is 12.1. The molecular formula is C16H25NO2. The topological polar surface area (TPSA) is 30.5 Å². The molecule has 106 valence electrons. The lowest BCUT2D eigenvalue weighted by molar-refractivity contribution is -0.0769. The Morgan fingerprint density at radius 3 is 2.53 bits per heavy atom. The molecule has 0 aliphatic rings. The van der Waals surface area contributed by atoms with Crippen LogP contribution in [0.5, 0.6) is 0 Å². The molecule has 0 aliphatic heterocycles. The van der Waals surface area contributed by atoms with Gasteiger partial charge in [-0.15, -0.1) is 6.58 Å². The molecular weight excluding hydrogens is 238 g/mol. The largest absolute Gasteiger partial charge is 0.359 e. The van der Waals surface area contributed by atoms with Gasteiger partial charge in [0.25, 0.3) is 0 Å². The van der Waals surface area contributed by atoms with E-state index in [2.05, 4.69) is 50.0 Å². The molecule has 0 radical (unpaired) electrons. The molecule has 3 nitrogen and oxygen atoms in total. The number of hydrogen-bond acceptors (Lipinski definition) is 3. The molecule has 1 aromatic rings. The summed E-state index contributed by atoms with van der Waals surface area (Å²) >= 11 is 0. The maximum absolute atomic E-state index is 5.61. The zero-order chi connectivity index (χ0) is 14.1. The third-order valence-electron chi connectivity index (χ3n) is 3.20. The van der Waals surface area contributed by atoms with E-state index in [1.54, 1.807) is 7.11 Å². The van der Waals surface area contributed by atoms with Gasteiger partial charge in [-0.1, -0.05) is 36.4 Å². The van der Waals surface area contributed by atoms with Gasteiger partial charge in [0.1, 0.15) is 6.79 Å². The van der Waals surface area contributed by atoms with E-state index in [0.29, 0.717) is 6.79 Å². The fourth-order valence-electron chi connectivity index (χ4n) is 2.03. The van der Waals surface area contributed by atoms with Crippen LogP contribution >= 0.6 is 0 Å². The van der Waals surface area contributed by atoms with Crippen molar-refractivity contribution in [2.75, 3.05) is 13.9 Å². The van der Waals surface area contributed by atoms with E-state index < -0.39 is 0 Å². The second-order valence-corrected chi connectivity index (χ2v) is 4.71. The monoisotopic (exact) mass is 263 g/mol. The molecule has 0 aliphatic carbocycles. The molecule has 0 saturated carbocycles. The summed E-state index contributed by atoms with van der Waals surface area (Å²) in [6.07, 6.45) is 2.86. The highest BCUT2D eigenvalue weighted by molar-refractivity contribution is 5.18. The summed E-state index contributed by atoms with van der Waals surface area (Å²) < 4.78 is 10.6. The summed E-state index contributed by atoms with van der Waals surface area (Å²) in [5, 5.41) is 3.59. The standard InChI is InChI=1S/C16H25NO2/c1-5-9-16(14(3)19-12-18-4)17-13(2)15-10-7-6-8-11-15/h5-8,10-11,13-14,16-17H,1,9,12H2,2-4H3/t13-,14+,16+/m1/s1. The molecule has 1 rings (SSSR count). The van der Waals surface area contributed by atoms with Gasteiger partial charge in [-0.05, 0) is 25.8 Å². The van der Waals surface area contributed by atoms with Crippen LogP contribution in [0.3, 0.4) is 0 Å². The van der Waals surface area contributed by atoms with E-state index in [-0.39, 0.29) is 18.2 Å². The molecule has 0 amide bonds. The van der Waals surface area contributed by atoms with Crippen molar-refractivity contribution in [2.24, 2.45) is 0 Å². The third kappa shape index (κ3) is 5.55. The molecule has 0 fully saturated rings. The van der Waals surface area contributed by atoms with Gasteiger partial charge in [-0.3, -0.25) is 0 Å². The van der Waals surface area contributed by atoms with Gasteiger partial charge in [0.2, 0.25) is 0 Å². The van der Waals surface area contributed by atoms with Crippen molar-refractivity contribution in [3.63, 3.8) is 0 Å². The maximum Gasteiger partial charge on any atom is 0.146 e. The highest BCUT2D eigenvalue weighted by Gasteiger charge is 2.19. The summed E-state index contributed by atoms with van der Waals surface area (Å²) in [6, 6.07) is 10.9. The molecule has 1 N–H and O–H groups in total. The number of methoxy groups -OCH3 is 1. The smallest absolute Gasteiger partial charge is 0.146 e. The van der Waals surface area contributed by atoms with Crippen molar-refractivity contribution >= 4 is 0 Å². The molecule has 19 heavy (non-hydrogen) atoms. The minimum Gasteiger partial charge on any atom is -0.359 e. The first-order valence-electron chi connectivity index (χ1n) is 6.71. The van der Waals surface area contributed by atoms with Crippen LogP contribution in [0.25, 0.3) is 0 Å². The predicted octanol–water partition coefficient (Wildman–Crippen LogP) is 3.29. The first-order chi connectivity index (χ1) is 9.19. The van der Waals surface area contributed by atoms with E-state index in [9.17, 15) is 0 Å². The van der Waals surface area contributed by atoms with Crippen LogP contribution in [0, 0.1) is 0 Å². The Morgan fingerprint density at radius 2 is 1.95 bits per heavy atom. The first kappa shape index (κ1) is 15.9. The van der Waals surface area contributed by atoms with Crippen LogP contribution in [0.15, 0.2) is 43.0 Å². The minimum atomic E-state index is 0.0733. The summed E-state index contributed by atoms with van der Waals surface area (Å²) in [4.78, 5) is 0. The average molecular weight is 263 g/mol. The molecule has 3 atom stereocenters. The van der Waals surface area contributed by atoms with Crippen LogP contribution < -0.4 is 5.32 Å². The molecule has 0 spiro atoms. The van der Waals surface area contributed by atoms with E-state index in [1.807, 2.05) is 12.1 Å². The average Bonchev–Trinajstić information content (AvgIpc) is 2.45. The number of benzene rings is 1. The summed E-state index contributed by atoms with van der Waals surface area (Å²) in [5.74, 6) is 0. The van der Waals surface area contributed by atoms with Crippen molar-refractivity contribution in [1.29, 1.82) is 0 Å². The molecule has 0 heterocycles. The molecule has 3 heteroatoms. The Morgan fingerprint density at radius 1 is 1.26 bits per heavy atom. The number of ether oxygens (including phenoxy) is 2. The van der Waals surface area contributed by atoms with E-state index >= 15 is 0 Å². The lowest BCUT2D eigenvalue weighted by Gasteiger charge is -2.28. The molecule has 0 bridgehead atoms. The van der Waals surface area contributed by atoms with Gasteiger partial charge >= 0.3 is 0 Å². The Bertz CT molecular complexity index is 353. The number of nitrogens with one attached hydrogen (secondary N) is 1. The third-order valence-corrected chi connectivity index (χ3v) is 3.20. The van der Waals surface area contributed by atoms with Crippen LogP contribution in [-0.4, -0.2) is 26.0 Å². The van der Waals surface area contributed by atoms with Crippen molar-refractivity contribution in [3.8, 4) is 0 Å². The zero-order valence-corrected chi connectivity index (χ0v) is 12.1. The van der Waals surface area contributed by atoms with Crippen molar-refractivity contribution < 1.29 is 9.47 Å². The van der Waals surface area contributed by atoms with Crippen LogP contribution in [0.1, 0.15) is 31.9 Å². The molecule has 0 saturated heterocycles. The fourth-order valence-corrected chi connectivity index (χ4v) is 2.03. The van der Waals surface area contributed by atoms with Gasteiger partial charge < -0.3 is 14.8 Å². The highest BCUT2D eigenvalue weighted by atomic mass is 16.7. The second-order valence-electron chi connectivity index (χ2n) is 4.71. The van der Waals surface area contributed by atoms with Crippen LogP contribution in [-0.2, 0) is 9.47 Å². The maximum atomic E-state index is 5.61. The van der Waals surface area contributed by atoms with Gasteiger partial charge in [-0.25, -0.2) is 0 Å². The highest BCUT2D eigenvalue weighted by Crippen LogP contribution is 2.15. The minimum absolute atomic E-state index is 0.0733. The second kappa shape index (κ2) is 8.86. The van der Waals surface area contributed by atoms with E-state index in [0.717, 1.165) is 6.42 Å². The van der Waals surface area contributed by atoms with Crippen molar-refractivity contribution in [3.05, 3.63) is 48.6 Å². The summed E-state index contributed by atoms with van der Waals surface area (Å²) in [6.45, 7) is 8.35. The van der Waals surface area contributed by atoms with Gasteiger partial charge in [0.15, 0.2) is 0 Å². The van der Waals surface area contributed by atoms with E-state index in [1.165, 1.54) is 5.56 Å². The SMILES string of the molecule is C=CC[C@H](N[C@H](C)c1ccccc1)[C@H](C)OCOC. The molecule has 0 unspecified atom stereocenters. The lowest BCUT2D eigenvalue weighted by atomic mass is 10.0. The van der Waals surface area contributed by atoms with Crippen molar-refractivity contribution in [1.82, 2.24) is 5.32 Å². The lowest BCUT2D eigenvalue weighted by Crippen LogP contribution is -2.41. The Hall–Kier alpha value is -1.16. The van der Waals surface area contributed by atoms with Gasteiger partial charge in [0, 0.05) is 19.2 Å². The predicted molar refractivity (Wildman–Crippen MR) is 79.0 cm³/mol. The molecule has 1 aromatic carbocycles. The quantitative estimate of drug-likeness (QED) is 0.548. The first-order valence-corrected chi connectivity index (χ1v) is 6.71. The van der Waals surface area contributed by atoms with E-state index in [4.69, 9.17) is 9.47 Å². The summed E-state index contributed by atoms with van der Waals surface area (Å²) in [5.41, 5.74) is 1.27. The van der Waals surface area contributed by atoms with Gasteiger partial charge in [-0.2, -0.15) is 0 Å². The Labute approximate surface area is 116 Å². The van der Waals surface area contributed by atoms with Crippen molar-refractivity contribution in [2.45, 2.75) is 38.5 Å². The normalized spacial score (nSPS) is 15.7. The van der Waals surface area contributed by atoms with Crippen LogP contribution in [0.4, 0.5) is 0 Å². The Kier molecular flexibility index (Phi) is 7.41. The van der Waals surface area contributed by atoms with Gasteiger partial charge in [0.05, 0.1) is 6.10 Å². The molecule has 0 aromatic heterocycles. The Balaban J connectivity index is 2.59. The number of hydrogen-bond donors (Lipinski definition) is 1. The number of rotatable bonds is 9. The summed E-state index contributed by atoms with van der Waals surface area (Å²) in [7, 11) is 1.63. The fraction of sp³-hybridized carbons (Fsp3) is 0.500. The van der Waals surface area contributed by atoms with Crippen LogP contribution in [0.2, 0.25) is 0 Å².